The van der Waals surface area contributed by atoms with E-state index in [1.807, 2.05) is 30.3 Å². The summed E-state index contributed by atoms with van der Waals surface area (Å²) in [4.78, 5) is 7.99. The Kier molecular flexibility index (Phi) is 3.36. The molecule has 0 spiro atoms. The number of hydrogen-bond acceptors (Lipinski definition) is 3. The van der Waals surface area contributed by atoms with Crippen LogP contribution in [-0.2, 0) is 0 Å². The number of rotatable bonds is 2. The van der Waals surface area contributed by atoms with Crippen LogP contribution in [0.1, 0.15) is 0 Å². The first-order chi connectivity index (χ1) is 9.20. The smallest absolute Gasteiger partial charge is 0.321 e. The lowest BCUT2D eigenvalue weighted by molar-refractivity contribution is 0.442. The Balaban J connectivity index is 1.93. The maximum Gasteiger partial charge on any atom is 0.321 e. The van der Waals surface area contributed by atoms with Gasteiger partial charge in [0.1, 0.15) is 5.75 Å². The molecule has 2 aromatic carbocycles. The molecular weight excluding hydrogens is 328 g/mol. The highest BCUT2D eigenvalue weighted by Gasteiger charge is 2.02. The van der Waals surface area contributed by atoms with Crippen molar-refractivity contribution in [2.75, 3.05) is 0 Å². The predicted molar refractivity (Wildman–Crippen MR) is 78.8 cm³/mol. The fraction of sp³-hybridized carbons (Fsp3) is 0. The molecule has 0 unspecified atom stereocenters. The third-order valence-electron chi connectivity index (χ3n) is 2.58. The van der Waals surface area contributed by atoms with Crippen LogP contribution in [-0.4, -0.2) is 9.97 Å². The van der Waals surface area contributed by atoms with Crippen LogP contribution in [0.2, 0.25) is 5.02 Å². The third kappa shape index (κ3) is 2.85. The van der Waals surface area contributed by atoms with Gasteiger partial charge < -0.3 is 4.74 Å². The molecule has 3 nitrogen and oxygen atoms in total. The number of ether oxygens (including phenoxy) is 1. The van der Waals surface area contributed by atoms with Crippen molar-refractivity contribution >= 4 is 38.3 Å². The van der Waals surface area contributed by atoms with E-state index in [-0.39, 0.29) is 6.01 Å². The van der Waals surface area contributed by atoms with E-state index >= 15 is 0 Å². The summed E-state index contributed by atoms with van der Waals surface area (Å²) < 4.78 is 6.63. The van der Waals surface area contributed by atoms with E-state index in [1.54, 1.807) is 0 Å². The van der Waals surface area contributed by atoms with Crippen LogP contribution in [0, 0.1) is 0 Å². The average molecular weight is 336 g/mol. The van der Waals surface area contributed by atoms with Gasteiger partial charge in [0.25, 0.3) is 0 Å². The SMILES string of the molecule is Clc1cnc(Oc2ccc3cc(Br)ccc3c2)nc1. The Morgan fingerprint density at radius 1 is 0.947 bits per heavy atom. The lowest BCUT2D eigenvalue weighted by Gasteiger charge is -2.05. The average Bonchev–Trinajstić information content (AvgIpc) is 2.42. The molecule has 94 valence electrons. The first-order valence-corrected chi connectivity index (χ1v) is 6.72. The van der Waals surface area contributed by atoms with Crippen LogP contribution in [0.4, 0.5) is 0 Å². The molecule has 0 aliphatic carbocycles. The summed E-state index contributed by atoms with van der Waals surface area (Å²) >= 11 is 9.17. The summed E-state index contributed by atoms with van der Waals surface area (Å²) in [5.74, 6) is 0.692. The molecule has 1 heterocycles. The van der Waals surface area contributed by atoms with Gasteiger partial charge in [0.05, 0.1) is 17.4 Å². The van der Waals surface area contributed by atoms with Gasteiger partial charge in [-0.1, -0.05) is 39.7 Å². The molecule has 0 atom stereocenters. The van der Waals surface area contributed by atoms with Gasteiger partial charge in [-0.25, -0.2) is 9.97 Å². The summed E-state index contributed by atoms with van der Waals surface area (Å²) in [6.45, 7) is 0. The molecule has 19 heavy (non-hydrogen) atoms. The van der Waals surface area contributed by atoms with Crippen molar-refractivity contribution in [1.82, 2.24) is 9.97 Å². The van der Waals surface area contributed by atoms with Crippen molar-refractivity contribution in [3.8, 4) is 11.8 Å². The van der Waals surface area contributed by atoms with E-state index in [0.29, 0.717) is 10.8 Å². The summed E-state index contributed by atoms with van der Waals surface area (Å²) in [7, 11) is 0. The number of benzene rings is 2. The van der Waals surface area contributed by atoms with Crippen molar-refractivity contribution in [3.05, 3.63) is 58.3 Å². The van der Waals surface area contributed by atoms with Crippen molar-refractivity contribution < 1.29 is 4.74 Å². The Morgan fingerprint density at radius 2 is 1.63 bits per heavy atom. The first kappa shape index (κ1) is 12.4. The van der Waals surface area contributed by atoms with E-state index < -0.39 is 0 Å². The molecule has 3 aromatic rings. The first-order valence-electron chi connectivity index (χ1n) is 5.55. The molecule has 0 radical (unpaired) electrons. The molecule has 3 rings (SSSR count). The van der Waals surface area contributed by atoms with Crippen molar-refractivity contribution in [2.24, 2.45) is 0 Å². The topological polar surface area (TPSA) is 35.0 Å². The lowest BCUT2D eigenvalue weighted by Crippen LogP contribution is -1.90. The number of nitrogens with zero attached hydrogens (tertiary/aromatic N) is 2. The minimum Gasteiger partial charge on any atom is -0.424 e. The number of hydrogen-bond donors (Lipinski definition) is 0. The summed E-state index contributed by atoms with van der Waals surface area (Å²) in [6.07, 6.45) is 3.00. The summed E-state index contributed by atoms with van der Waals surface area (Å²) in [5.41, 5.74) is 0. The summed E-state index contributed by atoms with van der Waals surface area (Å²) in [5, 5.41) is 2.71. The van der Waals surface area contributed by atoms with E-state index in [1.165, 1.54) is 12.4 Å². The van der Waals surface area contributed by atoms with Crippen molar-refractivity contribution in [2.45, 2.75) is 0 Å². The van der Waals surface area contributed by atoms with Gasteiger partial charge >= 0.3 is 6.01 Å². The highest BCUT2D eigenvalue weighted by atomic mass is 79.9. The van der Waals surface area contributed by atoms with E-state index in [9.17, 15) is 0 Å². The van der Waals surface area contributed by atoms with E-state index in [0.717, 1.165) is 15.2 Å². The Bertz CT molecular complexity index is 731. The molecule has 0 aliphatic rings. The van der Waals surface area contributed by atoms with Gasteiger partial charge in [-0.15, -0.1) is 0 Å². The fourth-order valence-corrected chi connectivity index (χ4v) is 2.19. The van der Waals surface area contributed by atoms with Crippen LogP contribution in [0.3, 0.4) is 0 Å². The van der Waals surface area contributed by atoms with Gasteiger partial charge in [-0.05, 0) is 35.0 Å². The third-order valence-corrected chi connectivity index (χ3v) is 3.27. The highest BCUT2D eigenvalue weighted by Crippen LogP contribution is 2.26. The standard InChI is InChI=1S/C14H8BrClN2O/c15-11-3-1-10-6-13(4-2-9(10)5-11)19-14-17-7-12(16)8-18-14/h1-8H. The van der Waals surface area contributed by atoms with Gasteiger partial charge in [0, 0.05) is 4.47 Å². The van der Waals surface area contributed by atoms with Crippen LogP contribution in [0.25, 0.3) is 10.8 Å². The number of aromatic nitrogens is 2. The number of fused-ring (bicyclic) bond motifs is 1. The van der Waals surface area contributed by atoms with Gasteiger partial charge in [-0.2, -0.15) is 0 Å². The van der Waals surface area contributed by atoms with Crippen molar-refractivity contribution in [1.29, 1.82) is 0 Å². The molecule has 0 bridgehead atoms. The van der Waals surface area contributed by atoms with Gasteiger partial charge in [0.2, 0.25) is 0 Å². The quantitative estimate of drug-likeness (QED) is 0.672. The molecule has 0 saturated heterocycles. The van der Waals surface area contributed by atoms with Crippen LogP contribution in [0.15, 0.2) is 53.3 Å². The normalized spacial score (nSPS) is 10.6. The largest absolute Gasteiger partial charge is 0.424 e. The zero-order valence-corrected chi connectivity index (χ0v) is 12.0. The molecule has 0 saturated carbocycles. The molecule has 0 N–H and O–H groups in total. The maximum absolute atomic E-state index is 5.72. The number of halogens is 2. The Hall–Kier alpha value is -1.65. The van der Waals surface area contributed by atoms with Crippen molar-refractivity contribution in [3.63, 3.8) is 0 Å². The summed E-state index contributed by atoms with van der Waals surface area (Å²) in [6, 6.07) is 12.2. The molecule has 1 aromatic heterocycles. The zero-order chi connectivity index (χ0) is 13.2. The van der Waals surface area contributed by atoms with Gasteiger partial charge in [-0.3, -0.25) is 0 Å². The Labute approximate surface area is 123 Å². The minimum absolute atomic E-state index is 0.279. The van der Waals surface area contributed by atoms with Crippen LogP contribution >= 0.6 is 27.5 Å². The second-order valence-corrected chi connectivity index (χ2v) is 5.29. The monoisotopic (exact) mass is 334 g/mol. The second kappa shape index (κ2) is 5.15. The van der Waals surface area contributed by atoms with Crippen LogP contribution in [0.5, 0.6) is 11.8 Å². The van der Waals surface area contributed by atoms with E-state index in [2.05, 4.69) is 32.0 Å². The molecule has 0 fully saturated rings. The second-order valence-electron chi connectivity index (χ2n) is 3.94. The van der Waals surface area contributed by atoms with E-state index in [4.69, 9.17) is 16.3 Å². The zero-order valence-electron chi connectivity index (χ0n) is 9.68. The predicted octanol–water partition coefficient (Wildman–Crippen LogP) is 4.84. The van der Waals surface area contributed by atoms with Crippen LogP contribution < -0.4 is 4.74 Å². The highest BCUT2D eigenvalue weighted by molar-refractivity contribution is 9.10. The molecule has 0 aliphatic heterocycles. The Morgan fingerprint density at radius 3 is 2.42 bits per heavy atom. The van der Waals surface area contributed by atoms with Gasteiger partial charge in [0.15, 0.2) is 0 Å². The maximum atomic E-state index is 5.72. The molecule has 0 amide bonds. The molecule has 5 heteroatoms. The minimum atomic E-state index is 0.279. The lowest BCUT2D eigenvalue weighted by atomic mass is 10.1. The molecular formula is C14H8BrClN2O. The fourth-order valence-electron chi connectivity index (χ4n) is 1.72.